The van der Waals surface area contributed by atoms with Crippen LogP contribution in [0.1, 0.15) is 38.9 Å². The molecule has 2 aliphatic heterocycles. The number of halogens is 1. The van der Waals surface area contributed by atoms with Gasteiger partial charge in [0.1, 0.15) is 29.1 Å². The molecule has 2 saturated heterocycles. The van der Waals surface area contributed by atoms with Gasteiger partial charge in [-0.05, 0) is 33.3 Å². The van der Waals surface area contributed by atoms with Gasteiger partial charge in [-0.15, -0.1) is 0 Å². The molecule has 164 valence electrons. The lowest BCUT2D eigenvalue weighted by Crippen LogP contribution is -2.30. The Kier molecular flexibility index (Phi) is 6.69. The van der Waals surface area contributed by atoms with Gasteiger partial charge in [-0.1, -0.05) is 0 Å². The monoisotopic (exact) mass is 423 g/mol. The van der Waals surface area contributed by atoms with E-state index in [0.717, 1.165) is 6.42 Å². The van der Waals surface area contributed by atoms with E-state index in [2.05, 4.69) is 14.7 Å². The number of ether oxygens (including phenoxy) is 5. The molecule has 2 fully saturated rings. The summed E-state index contributed by atoms with van der Waals surface area (Å²) in [6, 6.07) is 3.44. The lowest BCUT2D eigenvalue weighted by atomic mass is 10.1. The molecule has 0 spiro atoms. The molecule has 2 N–H and O–H groups in total. The number of epoxide rings is 1. The standard InChI is InChI=1S/C15H15FN2O4.C5H11NO2/c1-19-10-4-3-9-12(18-10)11(8(16)7-17-9)13-14(22-13)15-20-5-2-6-21-15;1-5(2,3)8-4(6)7/h3-4,7,13-15H,2,5-6H2,1H3;1-3H3,(H2,6,7). The first-order valence-electron chi connectivity index (χ1n) is 9.56. The van der Waals surface area contributed by atoms with Crippen LogP contribution in [0.5, 0.6) is 5.88 Å². The molecule has 2 aromatic rings. The minimum atomic E-state index is -0.725. The van der Waals surface area contributed by atoms with Gasteiger partial charge < -0.3 is 29.4 Å². The van der Waals surface area contributed by atoms with Gasteiger partial charge >= 0.3 is 6.09 Å². The third-order valence-electron chi connectivity index (χ3n) is 4.22. The highest BCUT2D eigenvalue weighted by Gasteiger charge is 2.50. The second-order valence-corrected chi connectivity index (χ2v) is 7.76. The summed E-state index contributed by atoms with van der Waals surface area (Å²) < 4.78 is 40.6. The number of nitrogens with zero attached hydrogens (tertiary/aromatic N) is 2. The second-order valence-electron chi connectivity index (χ2n) is 7.76. The van der Waals surface area contributed by atoms with Gasteiger partial charge in [0.25, 0.3) is 0 Å². The van der Waals surface area contributed by atoms with E-state index < -0.39 is 29.9 Å². The average molecular weight is 423 g/mol. The Morgan fingerprint density at radius 2 is 1.97 bits per heavy atom. The number of amides is 1. The van der Waals surface area contributed by atoms with E-state index >= 15 is 0 Å². The molecule has 0 aromatic carbocycles. The number of rotatable bonds is 3. The van der Waals surface area contributed by atoms with Crippen molar-refractivity contribution >= 4 is 17.1 Å². The van der Waals surface area contributed by atoms with E-state index in [9.17, 15) is 9.18 Å². The van der Waals surface area contributed by atoms with Crippen molar-refractivity contribution in [2.24, 2.45) is 5.73 Å². The molecular weight excluding hydrogens is 397 g/mol. The summed E-state index contributed by atoms with van der Waals surface area (Å²) in [5, 5.41) is 0. The van der Waals surface area contributed by atoms with Crippen molar-refractivity contribution in [3.05, 3.63) is 29.7 Å². The van der Waals surface area contributed by atoms with Crippen molar-refractivity contribution in [3.63, 3.8) is 0 Å². The summed E-state index contributed by atoms with van der Waals surface area (Å²) in [7, 11) is 1.51. The van der Waals surface area contributed by atoms with Gasteiger partial charge in [-0.3, -0.25) is 4.98 Å². The fraction of sp³-hybridized carbons (Fsp3) is 0.550. The Labute approximate surface area is 173 Å². The van der Waals surface area contributed by atoms with Crippen molar-refractivity contribution in [1.29, 1.82) is 0 Å². The first-order chi connectivity index (χ1) is 14.2. The van der Waals surface area contributed by atoms with Gasteiger partial charge in [-0.25, -0.2) is 14.2 Å². The van der Waals surface area contributed by atoms with Gasteiger partial charge in [-0.2, -0.15) is 0 Å². The zero-order chi connectivity index (χ0) is 21.9. The fourth-order valence-corrected chi connectivity index (χ4v) is 2.99. The minimum Gasteiger partial charge on any atom is -0.481 e. The maximum Gasteiger partial charge on any atom is 0.405 e. The third kappa shape index (κ3) is 5.53. The van der Waals surface area contributed by atoms with Crippen molar-refractivity contribution in [3.8, 4) is 5.88 Å². The topological polar surface area (TPSA) is 118 Å². The number of hydrogen-bond donors (Lipinski definition) is 1. The first kappa shape index (κ1) is 22.1. The number of carbonyl (C=O) groups excluding carboxylic acids is 1. The lowest BCUT2D eigenvalue weighted by molar-refractivity contribution is -0.187. The number of nitrogens with two attached hydrogens (primary N) is 1. The quantitative estimate of drug-likeness (QED) is 0.749. The van der Waals surface area contributed by atoms with E-state index in [-0.39, 0.29) is 6.10 Å². The van der Waals surface area contributed by atoms with Crippen molar-refractivity contribution in [2.45, 2.75) is 51.3 Å². The maximum absolute atomic E-state index is 14.3. The van der Waals surface area contributed by atoms with Crippen molar-refractivity contribution < 1.29 is 32.9 Å². The van der Waals surface area contributed by atoms with Crippen LogP contribution in [-0.4, -0.2) is 54.4 Å². The summed E-state index contributed by atoms with van der Waals surface area (Å²) in [6.07, 6.45) is 0.123. The molecule has 1 amide bonds. The summed E-state index contributed by atoms with van der Waals surface area (Å²) in [6.45, 7) is 6.54. The Bertz CT molecular complexity index is 898. The number of fused-ring (bicyclic) bond motifs is 1. The molecule has 2 unspecified atom stereocenters. The molecule has 2 aliphatic rings. The van der Waals surface area contributed by atoms with Crippen molar-refractivity contribution in [1.82, 2.24) is 9.97 Å². The highest BCUT2D eigenvalue weighted by molar-refractivity contribution is 5.79. The Balaban J connectivity index is 0.000000275. The summed E-state index contributed by atoms with van der Waals surface area (Å²) in [4.78, 5) is 18.4. The summed E-state index contributed by atoms with van der Waals surface area (Å²) in [5.74, 6) is -0.0416. The van der Waals surface area contributed by atoms with Gasteiger partial charge in [0, 0.05) is 11.6 Å². The smallest absolute Gasteiger partial charge is 0.405 e. The average Bonchev–Trinajstić information content (AvgIpc) is 3.47. The van der Waals surface area contributed by atoms with Crippen LogP contribution in [0, 0.1) is 5.82 Å². The number of hydrogen-bond acceptors (Lipinski definition) is 8. The molecular formula is C20H26FN3O6. The molecule has 30 heavy (non-hydrogen) atoms. The number of pyridine rings is 2. The first-order valence-corrected chi connectivity index (χ1v) is 9.56. The Morgan fingerprint density at radius 3 is 2.53 bits per heavy atom. The van der Waals surface area contributed by atoms with E-state index in [0.29, 0.717) is 35.7 Å². The number of methoxy groups -OCH3 is 1. The van der Waals surface area contributed by atoms with Crippen LogP contribution in [0.15, 0.2) is 18.3 Å². The third-order valence-corrected chi connectivity index (χ3v) is 4.22. The lowest BCUT2D eigenvalue weighted by Gasteiger charge is -2.21. The largest absolute Gasteiger partial charge is 0.481 e. The van der Waals surface area contributed by atoms with Crippen LogP contribution >= 0.6 is 0 Å². The van der Waals surface area contributed by atoms with E-state index in [1.165, 1.54) is 13.3 Å². The Hall–Kier alpha value is -2.56. The van der Waals surface area contributed by atoms with Crippen LogP contribution in [-0.2, 0) is 18.9 Å². The van der Waals surface area contributed by atoms with E-state index in [1.54, 1.807) is 32.9 Å². The van der Waals surface area contributed by atoms with Crippen LogP contribution in [0.2, 0.25) is 0 Å². The van der Waals surface area contributed by atoms with Crippen molar-refractivity contribution in [2.75, 3.05) is 20.3 Å². The van der Waals surface area contributed by atoms with E-state index in [1.807, 2.05) is 0 Å². The van der Waals surface area contributed by atoms with Crippen LogP contribution in [0.25, 0.3) is 11.0 Å². The summed E-state index contributed by atoms with van der Waals surface area (Å²) in [5.41, 5.74) is 5.69. The number of aromatic nitrogens is 2. The molecule has 9 nitrogen and oxygen atoms in total. The molecule has 2 aromatic heterocycles. The van der Waals surface area contributed by atoms with Crippen LogP contribution < -0.4 is 10.5 Å². The normalized spacial score (nSPS) is 21.5. The van der Waals surface area contributed by atoms with Gasteiger partial charge in [0.2, 0.25) is 5.88 Å². The molecule has 4 rings (SSSR count). The molecule has 10 heteroatoms. The molecule has 0 bridgehead atoms. The summed E-state index contributed by atoms with van der Waals surface area (Å²) >= 11 is 0. The molecule has 0 aliphatic carbocycles. The predicted molar refractivity (Wildman–Crippen MR) is 104 cm³/mol. The predicted octanol–water partition coefficient (Wildman–Crippen LogP) is 2.86. The van der Waals surface area contributed by atoms with Crippen LogP contribution in [0.4, 0.5) is 9.18 Å². The maximum atomic E-state index is 14.3. The second kappa shape index (κ2) is 9.07. The molecule has 0 radical (unpaired) electrons. The zero-order valence-corrected chi connectivity index (χ0v) is 17.4. The van der Waals surface area contributed by atoms with Gasteiger partial charge in [0.05, 0.1) is 32.0 Å². The Morgan fingerprint density at radius 1 is 1.27 bits per heavy atom. The number of primary amides is 1. The molecule has 0 saturated carbocycles. The minimum absolute atomic E-state index is 0.312. The SMILES string of the molecule is CC(C)(C)OC(N)=O.COc1ccc2ncc(F)c(C3OC3C3OCCCO3)c2n1. The fourth-order valence-electron chi connectivity index (χ4n) is 2.99. The van der Waals surface area contributed by atoms with Crippen LogP contribution in [0.3, 0.4) is 0 Å². The van der Waals surface area contributed by atoms with E-state index in [4.69, 9.17) is 24.7 Å². The highest BCUT2D eigenvalue weighted by Crippen LogP contribution is 2.45. The van der Waals surface area contributed by atoms with Gasteiger partial charge in [0.15, 0.2) is 6.29 Å². The number of carbonyl (C=O) groups is 1. The molecule has 4 heterocycles. The molecule has 2 atom stereocenters. The zero-order valence-electron chi connectivity index (χ0n) is 17.4. The highest BCUT2D eigenvalue weighted by atomic mass is 19.1.